The molecule has 0 radical (unpaired) electrons. The maximum absolute atomic E-state index is 12.2. The van der Waals surface area contributed by atoms with Crippen LogP contribution < -0.4 is 9.47 Å². The molecule has 316 valence electrons. The van der Waals surface area contributed by atoms with Gasteiger partial charge in [0.15, 0.2) is 0 Å². The summed E-state index contributed by atoms with van der Waals surface area (Å²) in [5.41, 5.74) is 3.00. The second-order valence-corrected chi connectivity index (χ2v) is 15.4. The van der Waals surface area contributed by atoms with Crippen LogP contribution in [0.15, 0.2) is 65.1 Å². The first-order valence-electron chi connectivity index (χ1n) is 19.7. The normalized spacial score (nSPS) is 19.4. The Kier molecular flexibility index (Phi) is 13.8. The van der Waals surface area contributed by atoms with Crippen molar-refractivity contribution in [3.63, 3.8) is 0 Å². The van der Waals surface area contributed by atoms with Gasteiger partial charge in [-0.05, 0) is 73.5 Å². The fourth-order valence-electron chi connectivity index (χ4n) is 6.97. The number of likely N-dealkylation sites (N-methyl/N-ethyl adjacent to an activating group) is 2. The summed E-state index contributed by atoms with van der Waals surface area (Å²) in [6.45, 7) is 6.35. The molecule has 2 amide bonds. The van der Waals surface area contributed by atoms with E-state index in [0.29, 0.717) is 73.3 Å². The Morgan fingerprint density at radius 1 is 0.787 bits per heavy atom. The maximum atomic E-state index is 12.2. The summed E-state index contributed by atoms with van der Waals surface area (Å²) in [6, 6.07) is 18.2. The van der Waals surface area contributed by atoms with Gasteiger partial charge >= 0.3 is 11.9 Å². The van der Waals surface area contributed by atoms with Crippen molar-refractivity contribution >= 4 is 39.7 Å². The van der Waals surface area contributed by atoms with Crippen LogP contribution in [0.2, 0.25) is 0 Å². The van der Waals surface area contributed by atoms with Gasteiger partial charge in [-0.25, -0.2) is 19.6 Å². The summed E-state index contributed by atoms with van der Waals surface area (Å²) in [5.74, 6) is 7.70. The predicted octanol–water partition coefficient (Wildman–Crippen LogP) is 4.64. The van der Waals surface area contributed by atoms with Crippen LogP contribution in [0.5, 0.6) is 11.5 Å². The minimum absolute atomic E-state index is 0.214. The Labute approximate surface area is 362 Å². The number of likely N-dealkylation sites (tertiary alicyclic amines) is 2. The van der Waals surface area contributed by atoms with Crippen LogP contribution in [0.25, 0.3) is 22.5 Å². The molecule has 2 N–H and O–H groups in total. The number of aromatic nitrogens is 2. The molecule has 4 aromatic rings. The van der Waals surface area contributed by atoms with Gasteiger partial charge in [-0.2, -0.15) is 0 Å². The number of terminal acetylenes is 1. The van der Waals surface area contributed by atoms with Crippen LogP contribution in [0, 0.1) is 24.2 Å². The van der Waals surface area contributed by atoms with Crippen molar-refractivity contribution in [3.05, 3.63) is 93.2 Å². The van der Waals surface area contributed by atoms with Gasteiger partial charge in [0, 0.05) is 74.0 Å². The maximum Gasteiger partial charge on any atom is 0.356 e. The summed E-state index contributed by atoms with van der Waals surface area (Å²) in [5, 5.41) is 19.9. The molecule has 61 heavy (non-hydrogen) atoms. The van der Waals surface area contributed by atoms with E-state index in [2.05, 4.69) is 49.7 Å². The van der Waals surface area contributed by atoms with Crippen molar-refractivity contribution in [2.24, 2.45) is 0 Å². The average Bonchev–Trinajstić information content (AvgIpc) is 4.06. The molecule has 0 saturated carbocycles. The molecule has 0 unspecified atom stereocenters. The lowest BCUT2D eigenvalue weighted by atomic mass is 9.99. The van der Waals surface area contributed by atoms with E-state index in [-0.39, 0.29) is 30.5 Å². The number of esters is 2. The predicted molar refractivity (Wildman–Crippen MR) is 227 cm³/mol. The highest BCUT2D eigenvalue weighted by Crippen LogP contribution is 2.39. The smallest absolute Gasteiger partial charge is 0.356 e. The molecular weight excluding hydrogens is 848 g/mol. The van der Waals surface area contributed by atoms with Gasteiger partial charge in [-0.3, -0.25) is 9.59 Å². The number of rotatable bonds is 6. The number of ether oxygens (including phenoxy) is 4. The first-order valence-corrected chi connectivity index (χ1v) is 20.5. The molecule has 2 aromatic carbocycles. The summed E-state index contributed by atoms with van der Waals surface area (Å²) >= 11 is 3.51. The molecule has 14 nitrogen and oxygen atoms in total. The van der Waals surface area contributed by atoms with Crippen LogP contribution >= 0.6 is 15.9 Å². The Balaban J connectivity index is 0.000000173. The van der Waals surface area contributed by atoms with Crippen LogP contribution in [0.4, 0.5) is 0 Å². The molecule has 2 saturated heterocycles. The van der Waals surface area contributed by atoms with E-state index >= 15 is 0 Å². The van der Waals surface area contributed by atoms with Crippen molar-refractivity contribution in [3.8, 4) is 58.2 Å². The largest absolute Gasteiger partial charge is 0.492 e. The number of carbonyl (C=O) groups excluding carboxylic acids is 4. The Bertz CT molecular complexity index is 2470. The zero-order chi connectivity index (χ0) is 43.9. The van der Waals surface area contributed by atoms with Crippen molar-refractivity contribution in [1.82, 2.24) is 19.8 Å². The number of pyridine rings is 2. The Hall–Kier alpha value is -6.26. The molecule has 2 fully saturated rings. The summed E-state index contributed by atoms with van der Waals surface area (Å²) in [4.78, 5) is 58.8. The summed E-state index contributed by atoms with van der Waals surface area (Å²) < 4.78 is 22.5. The minimum Gasteiger partial charge on any atom is -0.492 e. The number of benzene rings is 2. The molecule has 2 atom stereocenters. The number of amides is 2. The van der Waals surface area contributed by atoms with Crippen molar-refractivity contribution in [2.45, 2.75) is 50.7 Å². The molecule has 4 aliphatic rings. The van der Waals surface area contributed by atoms with Gasteiger partial charge in [0.05, 0.1) is 37.8 Å². The highest BCUT2D eigenvalue weighted by atomic mass is 79.9. The van der Waals surface area contributed by atoms with Crippen LogP contribution in [-0.2, 0) is 31.9 Å². The van der Waals surface area contributed by atoms with E-state index < -0.39 is 23.1 Å². The third-order valence-corrected chi connectivity index (χ3v) is 10.7. The lowest BCUT2D eigenvalue weighted by Gasteiger charge is -2.13. The fourth-order valence-corrected chi connectivity index (χ4v) is 7.48. The van der Waals surface area contributed by atoms with Crippen molar-refractivity contribution in [2.75, 3.05) is 53.6 Å². The number of aliphatic hydroxyl groups is 2. The first-order chi connectivity index (χ1) is 29.2. The average molecular weight is 894 g/mol. The third-order valence-electron chi connectivity index (χ3n) is 10.2. The molecule has 0 spiro atoms. The molecule has 6 heterocycles. The molecule has 4 aliphatic heterocycles. The van der Waals surface area contributed by atoms with E-state index in [1.54, 1.807) is 64.3 Å². The van der Waals surface area contributed by atoms with Gasteiger partial charge in [0.1, 0.15) is 22.9 Å². The molecule has 2 aromatic heterocycles. The third kappa shape index (κ3) is 9.87. The molecule has 15 heteroatoms. The first kappa shape index (κ1) is 44.3. The highest BCUT2D eigenvalue weighted by molar-refractivity contribution is 9.10. The van der Waals surface area contributed by atoms with Crippen LogP contribution in [0.1, 0.15) is 64.4 Å². The highest BCUT2D eigenvalue weighted by Gasteiger charge is 2.43. The zero-order valence-electron chi connectivity index (χ0n) is 34.2. The van der Waals surface area contributed by atoms with Crippen LogP contribution in [-0.4, -0.2) is 119 Å². The second kappa shape index (κ2) is 19.0. The number of hydrogen-bond acceptors (Lipinski definition) is 12. The zero-order valence-corrected chi connectivity index (χ0v) is 35.8. The summed E-state index contributed by atoms with van der Waals surface area (Å²) in [7, 11) is 3.27. The Morgan fingerprint density at radius 2 is 1.28 bits per heavy atom. The van der Waals surface area contributed by atoms with E-state index in [1.165, 1.54) is 9.80 Å². The lowest BCUT2D eigenvalue weighted by Crippen LogP contribution is -2.37. The standard InChI is InChI=1S/C23H22N2O5.C16H14BrNO3.C7H9NO2/c1-3-29-21(26)19-6-4-5-18(24-19)17-14-15(13-16-8-12-30-20(16)17)7-9-23(28)10-11-25(2)22(23)27;1-2-20-16(19)14-5-3-4-13(18-14)12-9-11(17)8-10-6-7-21-15(10)12;1-3-7(10)4-5-8(2)6(7)9/h4-6,13-14,28H,3,8,10-12H2,1-2H3;3-5,8-9H,2,6-7H2,1H3;1,10H,4-5H2,2H3/t23-;;7-/m0.0/s1. The number of halogens is 1. The number of carbonyl (C=O) groups is 4. The van der Waals surface area contributed by atoms with E-state index in [9.17, 15) is 29.4 Å². The van der Waals surface area contributed by atoms with Crippen LogP contribution in [0.3, 0.4) is 0 Å². The van der Waals surface area contributed by atoms with Gasteiger partial charge in [0.25, 0.3) is 11.8 Å². The molecule has 0 bridgehead atoms. The monoisotopic (exact) mass is 892 g/mol. The fraction of sp³-hybridized carbons (Fsp3) is 0.348. The number of fused-ring (bicyclic) bond motifs is 2. The molecule has 8 rings (SSSR count). The van der Waals surface area contributed by atoms with E-state index in [0.717, 1.165) is 39.8 Å². The minimum atomic E-state index is -1.66. The van der Waals surface area contributed by atoms with Gasteiger partial charge in [-0.1, -0.05) is 45.8 Å². The topological polar surface area (TPSA) is 178 Å². The SMILES string of the molecule is C#C[C@]1(O)CCN(C)C1=O.CCOC(=O)c1cccc(-c2cc(Br)cc3c2OCC3)n1.CCOC(=O)c1cccc(-c2cc(C#C[C@]3(O)CCN(C)C3=O)cc3c2OCC3)n1. The lowest BCUT2D eigenvalue weighted by molar-refractivity contribution is -0.138. The van der Waals surface area contributed by atoms with Crippen molar-refractivity contribution in [1.29, 1.82) is 0 Å². The molecular formula is C46H45BrN4O10. The van der Waals surface area contributed by atoms with Gasteiger partial charge < -0.3 is 39.0 Å². The second-order valence-electron chi connectivity index (χ2n) is 14.5. The quantitative estimate of drug-likeness (QED) is 0.203. The number of nitrogens with zero attached hydrogens (tertiary/aromatic N) is 4. The van der Waals surface area contributed by atoms with Gasteiger partial charge in [-0.15, -0.1) is 6.42 Å². The molecule has 0 aliphatic carbocycles. The van der Waals surface area contributed by atoms with Gasteiger partial charge in [0.2, 0.25) is 11.2 Å². The Morgan fingerprint density at radius 3 is 1.74 bits per heavy atom. The van der Waals surface area contributed by atoms with E-state index in [1.807, 2.05) is 18.2 Å². The summed E-state index contributed by atoms with van der Waals surface area (Å²) in [6.07, 6.45) is 7.21. The number of hydrogen-bond donors (Lipinski definition) is 2. The van der Waals surface area contributed by atoms with E-state index in [4.69, 9.17) is 25.4 Å². The van der Waals surface area contributed by atoms with Crippen molar-refractivity contribution < 1.29 is 48.3 Å².